The van der Waals surface area contributed by atoms with Gasteiger partial charge < -0.3 is 5.32 Å². The van der Waals surface area contributed by atoms with E-state index in [2.05, 4.69) is 5.32 Å². The molecule has 8 heteroatoms. The molecule has 6 nitrogen and oxygen atoms in total. The Morgan fingerprint density at radius 2 is 2.00 bits per heavy atom. The minimum absolute atomic E-state index is 0.357. The SMILES string of the molecule is Cc1c(F)c(NC=C(C#N)C#N)cc([N+](=O)[O-])c1F. The Labute approximate surface area is 106 Å². The number of nitrogens with zero attached hydrogens (tertiary/aromatic N) is 3. The lowest BCUT2D eigenvalue weighted by molar-refractivity contribution is -0.387. The third-order valence-corrected chi connectivity index (χ3v) is 2.21. The first-order valence-corrected chi connectivity index (χ1v) is 4.82. The Bertz CT molecular complexity index is 640. The lowest BCUT2D eigenvalue weighted by Gasteiger charge is -2.06. The van der Waals surface area contributed by atoms with E-state index >= 15 is 0 Å². The number of nitro benzene ring substituents is 1. The zero-order valence-corrected chi connectivity index (χ0v) is 9.57. The summed E-state index contributed by atoms with van der Waals surface area (Å²) in [4.78, 5) is 9.59. The van der Waals surface area contributed by atoms with Gasteiger partial charge in [0, 0.05) is 17.8 Å². The Balaban J connectivity index is 3.31. The van der Waals surface area contributed by atoms with Gasteiger partial charge in [-0.3, -0.25) is 10.1 Å². The summed E-state index contributed by atoms with van der Waals surface area (Å²) < 4.78 is 27.0. The van der Waals surface area contributed by atoms with Gasteiger partial charge in [-0.2, -0.15) is 14.9 Å². The Morgan fingerprint density at radius 3 is 2.47 bits per heavy atom. The summed E-state index contributed by atoms with van der Waals surface area (Å²) >= 11 is 0. The van der Waals surface area contributed by atoms with Crippen molar-refractivity contribution in [2.24, 2.45) is 0 Å². The number of nitriles is 2. The number of hydrogen-bond donors (Lipinski definition) is 1. The lowest BCUT2D eigenvalue weighted by Crippen LogP contribution is -2.02. The first-order chi connectivity index (χ1) is 8.92. The maximum Gasteiger partial charge on any atom is 0.307 e. The minimum Gasteiger partial charge on any atom is -0.357 e. The van der Waals surface area contributed by atoms with Crippen molar-refractivity contribution in [2.45, 2.75) is 6.92 Å². The summed E-state index contributed by atoms with van der Waals surface area (Å²) in [6.07, 6.45) is 0.874. The molecule has 0 bridgehead atoms. The molecular weight excluding hydrogens is 258 g/mol. The molecule has 0 aliphatic rings. The standard InChI is InChI=1S/C11H6F2N4O2/c1-6-10(12)8(16-5-7(3-14)4-15)2-9(11(6)13)17(18)19/h2,5,16H,1H3. The van der Waals surface area contributed by atoms with Crippen LogP contribution in [-0.4, -0.2) is 4.92 Å². The quantitative estimate of drug-likeness (QED) is 0.513. The summed E-state index contributed by atoms with van der Waals surface area (Å²) in [6.45, 7) is 1.04. The average molecular weight is 264 g/mol. The molecule has 0 heterocycles. The van der Waals surface area contributed by atoms with Crippen molar-refractivity contribution in [1.29, 1.82) is 10.5 Å². The number of anilines is 1. The van der Waals surface area contributed by atoms with Gasteiger partial charge in [0.15, 0.2) is 5.82 Å². The predicted octanol–water partition coefficient (Wildman–Crippen LogP) is 2.52. The monoisotopic (exact) mass is 264 g/mol. The highest BCUT2D eigenvalue weighted by Crippen LogP contribution is 2.29. The van der Waals surface area contributed by atoms with Gasteiger partial charge in [0.1, 0.15) is 17.7 Å². The van der Waals surface area contributed by atoms with E-state index in [-0.39, 0.29) is 5.57 Å². The second-order valence-corrected chi connectivity index (χ2v) is 3.38. The predicted molar refractivity (Wildman–Crippen MR) is 60.7 cm³/mol. The van der Waals surface area contributed by atoms with Crippen LogP contribution in [0.5, 0.6) is 0 Å². The summed E-state index contributed by atoms with van der Waals surface area (Å²) in [5.41, 5.74) is -2.18. The van der Waals surface area contributed by atoms with Crippen LogP contribution < -0.4 is 5.32 Å². The smallest absolute Gasteiger partial charge is 0.307 e. The number of rotatable bonds is 3. The molecule has 1 aromatic rings. The van der Waals surface area contributed by atoms with E-state index in [4.69, 9.17) is 10.5 Å². The second kappa shape index (κ2) is 5.56. The zero-order chi connectivity index (χ0) is 14.6. The van der Waals surface area contributed by atoms with Crippen LogP contribution in [0.2, 0.25) is 0 Å². The van der Waals surface area contributed by atoms with Crippen LogP contribution in [0.25, 0.3) is 0 Å². The maximum absolute atomic E-state index is 13.6. The molecule has 19 heavy (non-hydrogen) atoms. The average Bonchev–Trinajstić information content (AvgIpc) is 2.39. The van der Waals surface area contributed by atoms with Gasteiger partial charge in [0.25, 0.3) is 0 Å². The van der Waals surface area contributed by atoms with Gasteiger partial charge in [-0.05, 0) is 6.92 Å². The Hall–Kier alpha value is -3.00. The van der Waals surface area contributed by atoms with E-state index in [1.165, 1.54) is 12.1 Å². The molecule has 0 amide bonds. The van der Waals surface area contributed by atoms with Crippen molar-refractivity contribution in [3.05, 3.63) is 45.2 Å². The number of halogens is 2. The van der Waals surface area contributed by atoms with E-state index < -0.39 is 33.5 Å². The number of nitro groups is 1. The first-order valence-electron chi connectivity index (χ1n) is 4.82. The van der Waals surface area contributed by atoms with E-state index in [0.717, 1.165) is 13.1 Å². The summed E-state index contributed by atoms with van der Waals surface area (Å²) in [6, 6.07) is 3.68. The van der Waals surface area contributed by atoms with Crippen LogP contribution >= 0.6 is 0 Å². The highest BCUT2D eigenvalue weighted by Gasteiger charge is 2.22. The fourth-order valence-electron chi connectivity index (χ4n) is 1.23. The topological polar surface area (TPSA) is 103 Å². The van der Waals surface area contributed by atoms with Gasteiger partial charge in [0.05, 0.1) is 10.6 Å². The minimum atomic E-state index is -1.27. The van der Waals surface area contributed by atoms with E-state index in [1.807, 2.05) is 0 Å². The molecule has 0 unspecified atom stereocenters. The van der Waals surface area contributed by atoms with Crippen LogP contribution in [0.4, 0.5) is 20.2 Å². The largest absolute Gasteiger partial charge is 0.357 e. The molecule has 0 aromatic heterocycles. The first kappa shape index (κ1) is 14.1. The molecule has 96 valence electrons. The molecule has 1 aromatic carbocycles. The van der Waals surface area contributed by atoms with Crippen LogP contribution in [0, 0.1) is 51.3 Å². The zero-order valence-electron chi connectivity index (χ0n) is 9.57. The molecule has 0 aliphatic carbocycles. The number of benzene rings is 1. The number of hydrogen-bond acceptors (Lipinski definition) is 5. The highest BCUT2D eigenvalue weighted by molar-refractivity contribution is 5.58. The molecule has 0 spiro atoms. The third-order valence-electron chi connectivity index (χ3n) is 2.21. The summed E-state index contributed by atoms with van der Waals surface area (Å²) in [5, 5.41) is 29.8. The molecule has 0 fully saturated rings. The fraction of sp³-hybridized carbons (Fsp3) is 0.0909. The van der Waals surface area contributed by atoms with E-state index in [0.29, 0.717) is 6.07 Å². The van der Waals surface area contributed by atoms with E-state index in [9.17, 15) is 18.9 Å². The van der Waals surface area contributed by atoms with Crippen molar-refractivity contribution < 1.29 is 13.7 Å². The normalized spacial score (nSPS) is 9.11. The van der Waals surface area contributed by atoms with Crippen molar-refractivity contribution in [1.82, 2.24) is 0 Å². The maximum atomic E-state index is 13.6. The second-order valence-electron chi connectivity index (χ2n) is 3.38. The molecular formula is C11H6F2N4O2. The number of nitrogens with one attached hydrogen (secondary N) is 1. The van der Waals surface area contributed by atoms with Gasteiger partial charge in [-0.1, -0.05) is 0 Å². The molecule has 0 saturated heterocycles. The molecule has 0 aliphatic heterocycles. The van der Waals surface area contributed by atoms with Gasteiger partial charge >= 0.3 is 5.69 Å². The van der Waals surface area contributed by atoms with Gasteiger partial charge in [-0.15, -0.1) is 0 Å². The highest BCUT2D eigenvalue weighted by atomic mass is 19.1. The molecule has 1 rings (SSSR count). The van der Waals surface area contributed by atoms with Crippen molar-refractivity contribution in [2.75, 3.05) is 5.32 Å². The van der Waals surface area contributed by atoms with E-state index in [1.54, 1.807) is 0 Å². The Morgan fingerprint density at radius 1 is 1.42 bits per heavy atom. The third kappa shape index (κ3) is 2.82. The molecule has 0 saturated carbocycles. The van der Waals surface area contributed by atoms with Crippen LogP contribution in [0.15, 0.2) is 17.8 Å². The van der Waals surface area contributed by atoms with Crippen LogP contribution in [-0.2, 0) is 0 Å². The van der Waals surface area contributed by atoms with Gasteiger partial charge in [0.2, 0.25) is 5.82 Å². The van der Waals surface area contributed by atoms with Crippen molar-refractivity contribution >= 4 is 11.4 Å². The summed E-state index contributed by atoms with van der Waals surface area (Å²) in [7, 11) is 0. The lowest BCUT2D eigenvalue weighted by atomic mass is 10.1. The fourth-order valence-corrected chi connectivity index (χ4v) is 1.23. The van der Waals surface area contributed by atoms with Crippen molar-refractivity contribution in [3.63, 3.8) is 0 Å². The summed E-state index contributed by atoms with van der Waals surface area (Å²) in [5.74, 6) is -2.30. The Kier molecular flexibility index (Phi) is 4.11. The van der Waals surface area contributed by atoms with Gasteiger partial charge in [-0.25, -0.2) is 4.39 Å². The van der Waals surface area contributed by atoms with Crippen LogP contribution in [0.3, 0.4) is 0 Å². The molecule has 1 N–H and O–H groups in total. The molecule has 0 atom stereocenters. The van der Waals surface area contributed by atoms with Crippen molar-refractivity contribution in [3.8, 4) is 12.1 Å². The van der Waals surface area contributed by atoms with Crippen LogP contribution in [0.1, 0.15) is 5.56 Å². The molecule has 0 radical (unpaired) electrons. The number of allylic oxidation sites excluding steroid dienone is 1.